The molecule has 18 heavy (non-hydrogen) atoms. The molecule has 1 aliphatic rings. The van der Waals surface area contributed by atoms with Crippen molar-refractivity contribution in [3.63, 3.8) is 0 Å². The van der Waals surface area contributed by atoms with E-state index >= 15 is 0 Å². The third-order valence-electron chi connectivity index (χ3n) is 4.22. The SMILES string of the molecule is CC1(CNCCCc2ccccc2N)CCCC1. The summed E-state index contributed by atoms with van der Waals surface area (Å²) in [6.07, 6.45) is 7.87. The van der Waals surface area contributed by atoms with E-state index in [1.165, 1.54) is 44.2 Å². The topological polar surface area (TPSA) is 38.0 Å². The lowest BCUT2D eigenvalue weighted by molar-refractivity contribution is 0.315. The summed E-state index contributed by atoms with van der Waals surface area (Å²) < 4.78 is 0. The van der Waals surface area contributed by atoms with E-state index in [4.69, 9.17) is 5.73 Å². The zero-order valence-electron chi connectivity index (χ0n) is 11.5. The zero-order chi connectivity index (χ0) is 12.8. The van der Waals surface area contributed by atoms with Gasteiger partial charge in [-0.3, -0.25) is 0 Å². The summed E-state index contributed by atoms with van der Waals surface area (Å²) >= 11 is 0. The van der Waals surface area contributed by atoms with Crippen molar-refractivity contribution in [3.05, 3.63) is 29.8 Å². The van der Waals surface area contributed by atoms with Crippen LogP contribution in [-0.4, -0.2) is 13.1 Å². The molecule has 0 saturated heterocycles. The van der Waals surface area contributed by atoms with Crippen molar-refractivity contribution in [3.8, 4) is 0 Å². The van der Waals surface area contributed by atoms with Crippen molar-refractivity contribution in [2.24, 2.45) is 5.41 Å². The summed E-state index contributed by atoms with van der Waals surface area (Å²) in [6, 6.07) is 8.19. The number of nitrogens with one attached hydrogen (secondary N) is 1. The standard InChI is InChI=1S/C16H26N2/c1-16(10-4-5-11-16)13-18-12-6-8-14-7-2-3-9-15(14)17/h2-3,7,9,18H,4-6,8,10-13,17H2,1H3. The fraction of sp³-hybridized carbons (Fsp3) is 0.625. The predicted molar refractivity (Wildman–Crippen MR) is 78.6 cm³/mol. The summed E-state index contributed by atoms with van der Waals surface area (Å²) in [5.41, 5.74) is 8.71. The fourth-order valence-electron chi connectivity index (χ4n) is 2.96. The second-order valence-corrected chi connectivity index (χ2v) is 6.00. The van der Waals surface area contributed by atoms with Crippen molar-refractivity contribution in [2.45, 2.75) is 45.4 Å². The molecule has 0 bridgehead atoms. The first kappa shape index (κ1) is 13.4. The van der Waals surface area contributed by atoms with E-state index in [2.05, 4.69) is 24.4 Å². The van der Waals surface area contributed by atoms with Gasteiger partial charge in [0.1, 0.15) is 0 Å². The third kappa shape index (κ3) is 3.74. The van der Waals surface area contributed by atoms with Crippen LogP contribution in [0.3, 0.4) is 0 Å². The van der Waals surface area contributed by atoms with Crippen molar-refractivity contribution in [1.29, 1.82) is 0 Å². The van der Waals surface area contributed by atoms with Gasteiger partial charge in [-0.1, -0.05) is 38.0 Å². The molecule has 2 rings (SSSR count). The lowest BCUT2D eigenvalue weighted by atomic mass is 9.89. The molecule has 0 unspecified atom stereocenters. The second kappa shape index (κ2) is 6.24. The molecule has 0 radical (unpaired) electrons. The molecule has 1 aliphatic carbocycles. The number of hydrogen-bond acceptors (Lipinski definition) is 2. The van der Waals surface area contributed by atoms with Crippen LogP contribution in [0.25, 0.3) is 0 Å². The minimum absolute atomic E-state index is 0.561. The molecule has 0 aliphatic heterocycles. The van der Waals surface area contributed by atoms with Gasteiger partial charge in [0.15, 0.2) is 0 Å². The minimum Gasteiger partial charge on any atom is -0.399 e. The highest BCUT2D eigenvalue weighted by Crippen LogP contribution is 2.36. The lowest BCUT2D eigenvalue weighted by Gasteiger charge is -2.23. The Balaban J connectivity index is 1.63. The molecule has 3 N–H and O–H groups in total. The first-order chi connectivity index (χ1) is 8.70. The Bertz CT molecular complexity index is 367. The van der Waals surface area contributed by atoms with E-state index in [1.54, 1.807) is 0 Å². The Morgan fingerprint density at radius 1 is 1.22 bits per heavy atom. The van der Waals surface area contributed by atoms with Gasteiger partial charge in [0.2, 0.25) is 0 Å². The van der Waals surface area contributed by atoms with Crippen LogP contribution in [0.1, 0.15) is 44.6 Å². The first-order valence-electron chi connectivity index (χ1n) is 7.24. The maximum absolute atomic E-state index is 5.94. The van der Waals surface area contributed by atoms with Gasteiger partial charge < -0.3 is 11.1 Å². The van der Waals surface area contributed by atoms with Gasteiger partial charge in [-0.05, 0) is 49.3 Å². The van der Waals surface area contributed by atoms with Crippen LogP contribution < -0.4 is 11.1 Å². The largest absolute Gasteiger partial charge is 0.399 e. The number of nitrogen functional groups attached to an aromatic ring is 1. The number of para-hydroxylation sites is 1. The van der Waals surface area contributed by atoms with Crippen LogP contribution in [0.2, 0.25) is 0 Å². The summed E-state index contributed by atoms with van der Waals surface area (Å²) in [5, 5.41) is 3.62. The summed E-state index contributed by atoms with van der Waals surface area (Å²) in [6.45, 7) is 4.70. The molecule has 2 nitrogen and oxygen atoms in total. The molecule has 1 aromatic carbocycles. The van der Waals surface area contributed by atoms with Crippen molar-refractivity contribution in [1.82, 2.24) is 5.32 Å². The molecule has 1 aromatic rings. The highest BCUT2D eigenvalue weighted by Gasteiger charge is 2.27. The van der Waals surface area contributed by atoms with E-state index in [0.717, 1.165) is 18.7 Å². The van der Waals surface area contributed by atoms with Crippen LogP contribution >= 0.6 is 0 Å². The second-order valence-electron chi connectivity index (χ2n) is 6.00. The normalized spacial score (nSPS) is 18.1. The Morgan fingerprint density at radius 3 is 2.67 bits per heavy atom. The molecule has 100 valence electrons. The van der Waals surface area contributed by atoms with Gasteiger partial charge in [-0.2, -0.15) is 0 Å². The van der Waals surface area contributed by atoms with Crippen LogP contribution in [0.5, 0.6) is 0 Å². The van der Waals surface area contributed by atoms with Gasteiger partial charge in [0.25, 0.3) is 0 Å². The van der Waals surface area contributed by atoms with Gasteiger partial charge in [-0.15, -0.1) is 0 Å². The maximum Gasteiger partial charge on any atom is 0.0346 e. The molecule has 0 atom stereocenters. The Kier molecular flexibility index (Phi) is 4.65. The predicted octanol–water partition coefficient (Wildman–Crippen LogP) is 3.37. The van der Waals surface area contributed by atoms with Gasteiger partial charge in [0, 0.05) is 12.2 Å². The lowest BCUT2D eigenvalue weighted by Crippen LogP contribution is -2.30. The molecule has 1 fully saturated rings. The molecule has 0 amide bonds. The van der Waals surface area contributed by atoms with Crippen LogP contribution in [-0.2, 0) is 6.42 Å². The average Bonchev–Trinajstić information content (AvgIpc) is 2.78. The van der Waals surface area contributed by atoms with Crippen molar-refractivity contribution in [2.75, 3.05) is 18.8 Å². The van der Waals surface area contributed by atoms with Crippen LogP contribution in [0.4, 0.5) is 5.69 Å². The molecule has 0 aromatic heterocycles. The van der Waals surface area contributed by atoms with Crippen LogP contribution in [0.15, 0.2) is 24.3 Å². The Morgan fingerprint density at radius 2 is 1.94 bits per heavy atom. The summed E-state index contributed by atoms with van der Waals surface area (Å²) in [7, 11) is 0. The molecule has 0 heterocycles. The highest BCUT2D eigenvalue weighted by molar-refractivity contribution is 5.46. The van der Waals surface area contributed by atoms with E-state index < -0.39 is 0 Å². The summed E-state index contributed by atoms with van der Waals surface area (Å²) in [5.74, 6) is 0. The van der Waals surface area contributed by atoms with Gasteiger partial charge >= 0.3 is 0 Å². The zero-order valence-corrected chi connectivity index (χ0v) is 11.5. The molecule has 2 heteroatoms. The van der Waals surface area contributed by atoms with E-state index in [9.17, 15) is 0 Å². The van der Waals surface area contributed by atoms with E-state index in [1.807, 2.05) is 12.1 Å². The van der Waals surface area contributed by atoms with Gasteiger partial charge in [0.05, 0.1) is 0 Å². The minimum atomic E-state index is 0.561. The molecular weight excluding hydrogens is 220 g/mol. The quantitative estimate of drug-likeness (QED) is 0.596. The third-order valence-corrected chi connectivity index (χ3v) is 4.22. The maximum atomic E-state index is 5.94. The number of hydrogen-bond donors (Lipinski definition) is 2. The highest BCUT2D eigenvalue weighted by atomic mass is 14.9. The summed E-state index contributed by atoms with van der Waals surface area (Å²) in [4.78, 5) is 0. The Labute approximate surface area is 111 Å². The molecule has 0 spiro atoms. The Hall–Kier alpha value is -1.02. The number of anilines is 1. The van der Waals surface area contributed by atoms with E-state index in [0.29, 0.717) is 5.41 Å². The molecule has 1 saturated carbocycles. The fourth-order valence-corrected chi connectivity index (χ4v) is 2.96. The number of aryl methyl sites for hydroxylation is 1. The smallest absolute Gasteiger partial charge is 0.0346 e. The number of rotatable bonds is 6. The van der Waals surface area contributed by atoms with Crippen molar-refractivity contribution < 1.29 is 0 Å². The monoisotopic (exact) mass is 246 g/mol. The number of nitrogens with two attached hydrogens (primary N) is 1. The van der Waals surface area contributed by atoms with Crippen molar-refractivity contribution >= 4 is 5.69 Å². The van der Waals surface area contributed by atoms with E-state index in [-0.39, 0.29) is 0 Å². The first-order valence-corrected chi connectivity index (χ1v) is 7.24. The number of benzene rings is 1. The van der Waals surface area contributed by atoms with Crippen LogP contribution in [0, 0.1) is 5.41 Å². The molecular formula is C16H26N2. The van der Waals surface area contributed by atoms with Gasteiger partial charge in [-0.25, -0.2) is 0 Å². The average molecular weight is 246 g/mol.